The number of halogens is 4. The number of fused-ring (bicyclic) bond motifs is 1. The molecule has 0 bridgehead atoms. The van der Waals surface area contributed by atoms with Gasteiger partial charge in [-0.3, -0.25) is 0 Å². The smallest absolute Gasteiger partial charge is 0.163 e. The number of rotatable bonds is 0. The van der Waals surface area contributed by atoms with Crippen molar-refractivity contribution < 1.29 is 13.2 Å². The highest BCUT2D eigenvalue weighted by Crippen LogP contribution is 2.44. The van der Waals surface area contributed by atoms with E-state index in [9.17, 15) is 13.2 Å². The summed E-state index contributed by atoms with van der Waals surface area (Å²) in [4.78, 5) is -0.283. The first kappa shape index (κ1) is 11.0. The van der Waals surface area contributed by atoms with Gasteiger partial charge in [0.15, 0.2) is 11.6 Å². The lowest BCUT2D eigenvalue weighted by Gasteiger charge is -2.27. The Kier molecular flexibility index (Phi) is 2.79. The Bertz CT molecular complexity index is 403. The highest BCUT2D eigenvalue weighted by atomic mass is 79.9. The van der Waals surface area contributed by atoms with Crippen LogP contribution in [0.4, 0.5) is 13.2 Å². The lowest BCUT2D eigenvalue weighted by Crippen LogP contribution is -2.14. The Hall–Kier alpha value is -0.510. The Morgan fingerprint density at radius 3 is 2.47 bits per heavy atom. The molecule has 1 aliphatic rings. The fourth-order valence-electron chi connectivity index (χ4n) is 2.12. The molecule has 0 heterocycles. The van der Waals surface area contributed by atoms with E-state index in [1.54, 1.807) is 0 Å². The van der Waals surface area contributed by atoms with E-state index in [1.807, 2.05) is 6.92 Å². The SMILES string of the molecule is CC1CCC(Br)c2c(F)c(F)cc(F)c21. The Labute approximate surface area is 94.6 Å². The van der Waals surface area contributed by atoms with Gasteiger partial charge >= 0.3 is 0 Å². The molecular formula is C11H10BrF3. The van der Waals surface area contributed by atoms with E-state index in [0.29, 0.717) is 18.1 Å². The normalized spacial score (nSPS) is 25.1. The van der Waals surface area contributed by atoms with Crippen LogP contribution < -0.4 is 0 Å². The molecule has 2 atom stereocenters. The zero-order valence-corrected chi connectivity index (χ0v) is 9.74. The number of hydrogen-bond acceptors (Lipinski definition) is 0. The lowest BCUT2D eigenvalue weighted by atomic mass is 9.83. The molecule has 1 aliphatic carbocycles. The minimum atomic E-state index is -1.11. The topological polar surface area (TPSA) is 0 Å². The molecule has 0 N–H and O–H groups in total. The first-order valence-corrected chi connectivity index (χ1v) is 5.75. The Morgan fingerprint density at radius 1 is 1.13 bits per heavy atom. The summed E-state index contributed by atoms with van der Waals surface area (Å²) in [6, 6.07) is 0.635. The molecule has 0 radical (unpaired) electrons. The molecule has 2 rings (SSSR count). The lowest BCUT2D eigenvalue weighted by molar-refractivity contribution is 0.451. The molecule has 15 heavy (non-hydrogen) atoms. The highest BCUT2D eigenvalue weighted by molar-refractivity contribution is 9.09. The predicted molar refractivity (Wildman–Crippen MR) is 55.6 cm³/mol. The molecule has 0 fully saturated rings. The van der Waals surface area contributed by atoms with Crippen molar-refractivity contribution in [1.29, 1.82) is 0 Å². The summed E-state index contributed by atoms with van der Waals surface area (Å²) in [5, 5.41) is 0. The van der Waals surface area contributed by atoms with Crippen molar-refractivity contribution in [2.45, 2.75) is 30.5 Å². The van der Waals surface area contributed by atoms with Crippen molar-refractivity contribution in [2.75, 3.05) is 0 Å². The van der Waals surface area contributed by atoms with Crippen molar-refractivity contribution in [3.8, 4) is 0 Å². The monoisotopic (exact) mass is 278 g/mol. The largest absolute Gasteiger partial charge is 0.207 e. The highest BCUT2D eigenvalue weighted by Gasteiger charge is 2.30. The second-order valence-corrected chi connectivity index (χ2v) is 5.03. The van der Waals surface area contributed by atoms with Gasteiger partial charge in [0, 0.05) is 16.5 Å². The van der Waals surface area contributed by atoms with Crippen LogP contribution in [0.25, 0.3) is 0 Å². The van der Waals surface area contributed by atoms with Gasteiger partial charge in [-0.15, -0.1) is 0 Å². The van der Waals surface area contributed by atoms with Crippen molar-refractivity contribution in [2.24, 2.45) is 0 Å². The first-order chi connectivity index (χ1) is 7.02. The van der Waals surface area contributed by atoms with Gasteiger partial charge < -0.3 is 0 Å². The molecule has 0 nitrogen and oxygen atoms in total. The zero-order valence-electron chi connectivity index (χ0n) is 8.16. The van der Waals surface area contributed by atoms with Gasteiger partial charge in [0.2, 0.25) is 0 Å². The number of benzene rings is 1. The van der Waals surface area contributed by atoms with Gasteiger partial charge in [-0.05, 0) is 24.3 Å². The van der Waals surface area contributed by atoms with E-state index in [-0.39, 0.29) is 16.3 Å². The summed E-state index contributed by atoms with van der Waals surface area (Å²) < 4.78 is 40.1. The average molecular weight is 279 g/mol. The molecule has 0 spiro atoms. The molecule has 1 aromatic rings. The quantitative estimate of drug-likeness (QED) is 0.486. The molecule has 0 amide bonds. The van der Waals surface area contributed by atoms with E-state index in [1.165, 1.54) is 0 Å². The second-order valence-electron chi connectivity index (χ2n) is 3.93. The van der Waals surface area contributed by atoms with Crippen LogP contribution in [0.1, 0.15) is 41.6 Å². The van der Waals surface area contributed by atoms with Crippen molar-refractivity contribution in [3.05, 3.63) is 34.6 Å². The average Bonchev–Trinajstić information content (AvgIpc) is 2.18. The minimum Gasteiger partial charge on any atom is -0.207 e. The first-order valence-electron chi connectivity index (χ1n) is 4.83. The molecule has 0 aliphatic heterocycles. The Balaban J connectivity index is 2.71. The van der Waals surface area contributed by atoms with Crippen molar-refractivity contribution in [1.82, 2.24) is 0 Å². The maximum atomic E-state index is 13.5. The van der Waals surface area contributed by atoms with Gasteiger partial charge in [0.25, 0.3) is 0 Å². The third-order valence-corrected chi connectivity index (χ3v) is 3.82. The van der Waals surface area contributed by atoms with Gasteiger partial charge in [-0.2, -0.15) is 0 Å². The summed E-state index contributed by atoms with van der Waals surface area (Å²) >= 11 is 3.26. The summed E-state index contributed by atoms with van der Waals surface area (Å²) in [5.74, 6) is -2.71. The van der Waals surface area contributed by atoms with Crippen LogP contribution in [0, 0.1) is 17.5 Å². The minimum absolute atomic E-state index is 0.0519. The van der Waals surface area contributed by atoms with E-state index >= 15 is 0 Å². The van der Waals surface area contributed by atoms with E-state index < -0.39 is 17.5 Å². The van der Waals surface area contributed by atoms with E-state index in [2.05, 4.69) is 15.9 Å². The maximum absolute atomic E-state index is 13.5. The third-order valence-electron chi connectivity index (χ3n) is 2.91. The molecule has 1 aromatic carbocycles. The Morgan fingerprint density at radius 2 is 1.80 bits per heavy atom. The zero-order chi connectivity index (χ0) is 11.2. The van der Waals surface area contributed by atoms with Gasteiger partial charge in [-0.1, -0.05) is 22.9 Å². The van der Waals surface area contributed by atoms with Crippen LogP contribution in [-0.4, -0.2) is 0 Å². The number of hydrogen-bond donors (Lipinski definition) is 0. The molecule has 0 aromatic heterocycles. The van der Waals surface area contributed by atoms with Crippen molar-refractivity contribution in [3.63, 3.8) is 0 Å². The van der Waals surface area contributed by atoms with Crippen LogP contribution in [0.3, 0.4) is 0 Å². The summed E-state index contributed by atoms with van der Waals surface area (Å²) in [6.45, 7) is 1.83. The van der Waals surface area contributed by atoms with Crippen LogP contribution in [0.15, 0.2) is 6.07 Å². The van der Waals surface area contributed by atoms with E-state index in [4.69, 9.17) is 0 Å². The van der Waals surface area contributed by atoms with Crippen LogP contribution in [0.2, 0.25) is 0 Å². The molecule has 2 unspecified atom stereocenters. The van der Waals surface area contributed by atoms with Crippen LogP contribution >= 0.6 is 15.9 Å². The second kappa shape index (κ2) is 3.81. The van der Waals surface area contributed by atoms with Gasteiger partial charge in [0.05, 0.1) is 0 Å². The standard InChI is InChI=1S/C11H10BrF3/c1-5-2-3-6(12)10-9(5)7(13)4-8(14)11(10)15/h4-6H,2-3H2,1H3. The van der Waals surface area contributed by atoms with Gasteiger partial charge in [0.1, 0.15) is 5.82 Å². The molecule has 0 saturated heterocycles. The molecule has 82 valence electrons. The van der Waals surface area contributed by atoms with Gasteiger partial charge in [-0.25, -0.2) is 13.2 Å². The number of alkyl halides is 1. The molecular weight excluding hydrogens is 269 g/mol. The third kappa shape index (κ3) is 1.69. The summed E-state index contributed by atoms with van der Waals surface area (Å²) in [5.41, 5.74) is 0.480. The fourth-order valence-corrected chi connectivity index (χ4v) is 2.83. The summed E-state index contributed by atoms with van der Waals surface area (Å²) in [7, 11) is 0. The van der Waals surface area contributed by atoms with Crippen LogP contribution in [-0.2, 0) is 0 Å². The van der Waals surface area contributed by atoms with Crippen molar-refractivity contribution >= 4 is 15.9 Å². The molecule has 0 saturated carbocycles. The predicted octanol–water partition coefficient (Wildman–Crippen LogP) is 4.44. The maximum Gasteiger partial charge on any atom is 0.163 e. The summed E-state index contributed by atoms with van der Waals surface area (Å²) in [6.07, 6.45) is 1.49. The van der Waals surface area contributed by atoms with E-state index in [0.717, 1.165) is 6.42 Å². The van der Waals surface area contributed by atoms with Crippen LogP contribution in [0.5, 0.6) is 0 Å². The molecule has 4 heteroatoms. The fraction of sp³-hybridized carbons (Fsp3) is 0.455.